The summed E-state index contributed by atoms with van der Waals surface area (Å²) in [5.74, 6) is -2.76. The molecule has 6 rings (SSSR count). The first kappa shape index (κ1) is 27.0. The Morgan fingerprint density at radius 1 is 1.21 bits per heavy atom. The summed E-state index contributed by atoms with van der Waals surface area (Å²) in [6.07, 6.45) is 2.69. The number of hydrogen-bond acceptors (Lipinski definition) is 9. The molecule has 4 aromatic heterocycles. The second-order valence-electron chi connectivity index (χ2n) is 9.32. The van der Waals surface area contributed by atoms with E-state index in [9.17, 15) is 13.2 Å². The van der Waals surface area contributed by atoms with Crippen molar-refractivity contribution in [1.29, 1.82) is 0 Å². The Morgan fingerprint density at radius 3 is 2.56 bits per heavy atom. The molecule has 1 aromatic carbocycles. The number of alkyl halides is 3. The summed E-state index contributed by atoms with van der Waals surface area (Å²) in [6.45, 7) is 3.44. The summed E-state index contributed by atoms with van der Waals surface area (Å²) in [6, 6.07) is 5.33. The summed E-state index contributed by atoms with van der Waals surface area (Å²) in [5.41, 5.74) is 5.03. The Kier molecular flexibility index (Phi) is 7.31. The molecule has 5 aromatic rings. The van der Waals surface area contributed by atoms with Gasteiger partial charge in [-0.25, -0.2) is 19.7 Å². The van der Waals surface area contributed by atoms with Crippen LogP contribution in [0.2, 0.25) is 0 Å². The van der Waals surface area contributed by atoms with Crippen molar-refractivity contribution in [3.63, 3.8) is 0 Å². The Balaban J connectivity index is 0.000000392. The molecule has 3 N–H and O–H groups in total. The Bertz CT molecular complexity index is 1560. The van der Waals surface area contributed by atoms with E-state index in [2.05, 4.69) is 63.1 Å². The van der Waals surface area contributed by atoms with E-state index in [0.29, 0.717) is 12.1 Å². The van der Waals surface area contributed by atoms with Crippen molar-refractivity contribution < 1.29 is 23.1 Å². The molecule has 206 valence electrons. The molecular weight excluding hydrogens is 553 g/mol. The average Bonchev–Trinajstić information content (AvgIpc) is 3.68. The lowest BCUT2D eigenvalue weighted by atomic mass is 9.98. The average molecular weight is 579 g/mol. The first-order valence-electron chi connectivity index (χ1n) is 12.0. The van der Waals surface area contributed by atoms with Gasteiger partial charge >= 0.3 is 12.1 Å². The van der Waals surface area contributed by atoms with Gasteiger partial charge in [-0.15, -0.1) is 0 Å². The standard InChI is InChI=1S/C22H24N8S2.C2HF3O2/c1-12-8-14(6-7-29(12)2)30(3)22-28-21-20(32-22)27-19(31-21)16-5-4-15(13-9-25-26-10-13)17-18(16)24-11-23-17;3-2(4,5)1(6)7/h4-5,9-12,14H,6-8H2,1-3H3,(H,23,24)(H,25,26);(H,6,7). The number of aromatic amines is 2. The number of fused-ring (bicyclic) bond motifs is 2. The number of thiazole rings is 2. The van der Waals surface area contributed by atoms with Crippen LogP contribution in [0.25, 0.3) is 42.4 Å². The van der Waals surface area contributed by atoms with Crippen LogP contribution < -0.4 is 4.90 Å². The van der Waals surface area contributed by atoms with E-state index >= 15 is 0 Å². The second-order valence-corrected chi connectivity index (χ2v) is 11.3. The van der Waals surface area contributed by atoms with Crippen molar-refractivity contribution >= 4 is 54.5 Å². The molecule has 2 atom stereocenters. The minimum Gasteiger partial charge on any atom is -0.475 e. The maximum absolute atomic E-state index is 10.6. The fourth-order valence-electron chi connectivity index (χ4n) is 4.51. The van der Waals surface area contributed by atoms with Gasteiger partial charge in [-0.05, 0) is 32.9 Å². The number of hydrogen-bond donors (Lipinski definition) is 3. The molecule has 1 saturated heterocycles. The molecule has 39 heavy (non-hydrogen) atoms. The van der Waals surface area contributed by atoms with Gasteiger partial charge in [-0.2, -0.15) is 18.3 Å². The largest absolute Gasteiger partial charge is 0.490 e. The molecule has 10 nitrogen and oxygen atoms in total. The number of H-pyrrole nitrogens is 2. The van der Waals surface area contributed by atoms with Crippen molar-refractivity contribution in [2.75, 3.05) is 25.5 Å². The zero-order chi connectivity index (χ0) is 27.9. The molecule has 0 amide bonds. The molecule has 1 fully saturated rings. The highest BCUT2D eigenvalue weighted by molar-refractivity contribution is 7.29. The quantitative estimate of drug-likeness (QED) is 0.264. The van der Waals surface area contributed by atoms with Crippen LogP contribution in [0.15, 0.2) is 30.9 Å². The maximum Gasteiger partial charge on any atom is 0.490 e. The van der Waals surface area contributed by atoms with Gasteiger partial charge in [0.1, 0.15) is 5.01 Å². The fraction of sp³-hybridized carbons (Fsp3) is 0.375. The highest BCUT2D eigenvalue weighted by atomic mass is 32.1. The molecule has 0 radical (unpaired) electrons. The molecule has 0 aliphatic carbocycles. The number of nitrogens with one attached hydrogen (secondary N) is 2. The van der Waals surface area contributed by atoms with Crippen LogP contribution >= 0.6 is 22.7 Å². The first-order chi connectivity index (χ1) is 18.5. The van der Waals surface area contributed by atoms with Crippen LogP contribution in [0.5, 0.6) is 0 Å². The molecule has 2 unspecified atom stereocenters. The van der Waals surface area contributed by atoms with Gasteiger partial charge in [-0.3, -0.25) is 5.10 Å². The van der Waals surface area contributed by atoms with E-state index in [1.54, 1.807) is 29.0 Å². The Morgan fingerprint density at radius 2 is 1.92 bits per heavy atom. The maximum atomic E-state index is 10.6. The lowest BCUT2D eigenvalue weighted by Crippen LogP contribution is -2.46. The second kappa shape index (κ2) is 10.5. The number of halogens is 3. The number of carboxylic acids is 1. The third kappa shape index (κ3) is 5.46. The van der Waals surface area contributed by atoms with Crippen molar-refractivity contribution in [1.82, 2.24) is 35.0 Å². The van der Waals surface area contributed by atoms with E-state index in [1.165, 1.54) is 12.8 Å². The fourth-order valence-corrected chi connectivity index (χ4v) is 6.62. The molecule has 1 aliphatic heterocycles. The van der Waals surface area contributed by atoms with Crippen LogP contribution in [0.1, 0.15) is 19.8 Å². The molecule has 0 bridgehead atoms. The first-order valence-corrected chi connectivity index (χ1v) is 13.6. The number of nitrogens with zero attached hydrogens (tertiary/aromatic N) is 6. The SMILES string of the molecule is CC1CC(N(C)c2nc3sc(-c4ccc(-c5cn[nH]c5)c5nc[nH]c45)nc3s2)CCN1C.O=C(O)C(F)(F)F. The highest BCUT2D eigenvalue weighted by Gasteiger charge is 2.38. The van der Waals surface area contributed by atoms with Crippen molar-refractivity contribution in [2.45, 2.75) is 38.0 Å². The molecule has 15 heteroatoms. The molecule has 0 saturated carbocycles. The lowest BCUT2D eigenvalue weighted by molar-refractivity contribution is -0.192. The number of carboxylic acid groups (broad SMARTS) is 1. The van der Waals surface area contributed by atoms with Gasteiger partial charge in [0, 0.05) is 48.6 Å². The number of benzene rings is 1. The third-order valence-electron chi connectivity index (χ3n) is 6.86. The summed E-state index contributed by atoms with van der Waals surface area (Å²) in [5, 5.41) is 16.1. The number of likely N-dealkylation sites (tertiary alicyclic amines) is 1. The number of aromatic nitrogens is 6. The lowest BCUT2D eigenvalue weighted by Gasteiger charge is -2.39. The minimum absolute atomic E-state index is 0.529. The number of carbonyl (C=O) groups is 1. The van der Waals surface area contributed by atoms with Crippen LogP contribution in [-0.4, -0.2) is 85.0 Å². The molecule has 5 heterocycles. The van der Waals surface area contributed by atoms with Crippen LogP contribution in [0, 0.1) is 0 Å². The predicted molar refractivity (Wildman–Crippen MR) is 145 cm³/mol. The summed E-state index contributed by atoms with van der Waals surface area (Å²) in [7, 11) is 4.39. The van der Waals surface area contributed by atoms with Crippen molar-refractivity contribution in [2.24, 2.45) is 0 Å². The summed E-state index contributed by atoms with van der Waals surface area (Å²) < 4.78 is 31.7. The van der Waals surface area contributed by atoms with Crippen molar-refractivity contribution in [3.8, 4) is 21.7 Å². The molecule has 0 spiro atoms. The Labute approximate surface area is 228 Å². The van der Waals surface area contributed by atoms with Gasteiger partial charge in [0.25, 0.3) is 0 Å². The van der Waals surface area contributed by atoms with Gasteiger partial charge in [0.05, 0.1) is 23.6 Å². The zero-order valence-electron chi connectivity index (χ0n) is 21.2. The van der Waals surface area contributed by atoms with Crippen LogP contribution in [-0.2, 0) is 4.79 Å². The van der Waals surface area contributed by atoms with E-state index in [-0.39, 0.29) is 0 Å². The van der Waals surface area contributed by atoms with Crippen LogP contribution in [0.3, 0.4) is 0 Å². The predicted octanol–water partition coefficient (Wildman–Crippen LogP) is 5.24. The van der Waals surface area contributed by atoms with E-state index in [4.69, 9.17) is 19.9 Å². The minimum atomic E-state index is -5.08. The normalized spacial score (nSPS) is 18.3. The number of anilines is 1. The van der Waals surface area contributed by atoms with E-state index in [1.807, 2.05) is 12.4 Å². The number of rotatable bonds is 4. The third-order valence-corrected chi connectivity index (χ3v) is 9.01. The number of aliphatic carboxylic acids is 1. The van der Waals surface area contributed by atoms with Crippen molar-refractivity contribution in [3.05, 3.63) is 30.9 Å². The van der Waals surface area contributed by atoms with E-state index < -0.39 is 12.1 Å². The summed E-state index contributed by atoms with van der Waals surface area (Å²) in [4.78, 5) is 33.5. The monoisotopic (exact) mass is 578 g/mol. The van der Waals surface area contributed by atoms with Crippen LogP contribution in [0.4, 0.5) is 18.3 Å². The molecular formula is C24H25F3N8O2S2. The molecule has 1 aliphatic rings. The smallest absolute Gasteiger partial charge is 0.475 e. The van der Waals surface area contributed by atoms with Gasteiger partial charge in [-0.1, -0.05) is 28.7 Å². The summed E-state index contributed by atoms with van der Waals surface area (Å²) >= 11 is 3.33. The van der Waals surface area contributed by atoms with Gasteiger partial charge in [0.15, 0.2) is 14.8 Å². The highest BCUT2D eigenvalue weighted by Crippen LogP contribution is 2.40. The van der Waals surface area contributed by atoms with E-state index in [0.717, 1.165) is 54.1 Å². The van der Waals surface area contributed by atoms with Gasteiger partial charge < -0.3 is 19.9 Å². The van der Waals surface area contributed by atoms with Gasteiger partial charge in [0.2, 0.25) is 0 Å². The Hall–Kier alpha value is -3.56. The number of piperidine rings is 1. The number of imidazole rings is 1. The zero-order valence-corrected chi connectivity index (χ0v) is 22.8. The topological polar surface area (TPSA) is 127 Å².